The van der Waals surface area contributed by atoms with Gasteiger partial charge in [0.25, 0.3) is 0 Å². The second-order valence-corrected chi connectivity index (χ2v) is 9.86. The number of benzene rings is 1. The third-order valence-electron chi connectivity index (χ3n) is 7.28. The highest BCUT2D eigenvalue weighted by Gasteiger charge is 2.58. The van der Waals surface area contributed by atoms with Gasteiger partial charge in [-0.3, -0.25) is 9.79 Å². The van der Waals surface area contributed by atoms with Crippen LogP contribution >= 0.6 is 11.6 Å². The molecule has 4 fully saturated rings. The van der Waals surface area contributed by atoms with Gasteiger partial charge in [-0.2, -0.15) is 5.26 Å². The zero-order chi connectivity index (χ0) is 20.8. The predicted octanol–water partition coefficient (Wildman–Crippen LogP) is 3.46. The van der Waals surface area contributed by atoms with Crippen LogP contribution in [0.15, 0.2) is 29.3 Å². The normalized spacial score (nSPS) is 35.0. The SMILES string of the molecule is CC(CC#N)(Nc1cccc(Cl)c1)C(N)=NC1C2CC3CC1CC(C(N)=O)(C3)C2. The molecule has 1 aromatic rings. The molecule has 4 aliphatic rings. The number of amidine groups is 1. The van der Waals surface area contributed by atoms with E-state index in [4.69, 9.17) is 28.1 Å². The summed E-state index contributed by atoms with van der Waals surface area (Å²) in [5.41, 5.74) is 12.0. The predicted molar refractivity (Wildman–Crippen MR) is 114 cm³/mol. The van der Waals surface area contributed by atoms with Crippen LogP contribution in [0.2, 0.25) is 5.02 Å². The van der Waals surface area contributed by atoms with Crippen LogP contribution < -0.4 is 16.8 Å². The molecule has 5 N–H and O–H groups in total. The molecule has 1 aromatic carbocycles. The lowest BCUT2D eigenvalue weighted by molar-refractivity contribution is -0.144. The van der Waals surface area contributed by atoms with Crippen molar-refractivity contribution in [3.8, 4) is 6.07 Å². The molecule has 4 aliphatic carbocycles. The molecular weight excluding hydrogens is 386 g/mol. The Morgan fingerprint density at radius 1 is 1.34 bits per heavy atom. The van der Waals surface area contributed by atoms with Gasteiger partial charge in [0.15, 0.2) is 0 Å². The van der Waals surface area contributed by atoms with E-state index in [1.54, 1.807) is 6.07 Å². The Hall–Kier alpha value is -2.26. The minimum Gasteiger partial charge on any atom is -0.385 e. The first-order valence-corrected chi connectivity index (χ1v) is 10.7. The Morgan fingerprint density at radius 3 is 2.62 bits per heavy atom. The van der Waals surface area contributed by atoms with Crippen LogP contribution in [0.1, 0.15) is 45.4 Å². The second kappa shape index (κ2) is 7.21. The van der Waals surface area contributed by atoms with Gasteiger partial charge >= 0.3 is 0 Å². The number of aliphatic imine (C=N–C) groups is 1. The molecule has 1 amide bonds. The Morgan fingerprint density at radius 2 is 2.03 bits per heavy atom. The summed E-state index contributed by atoms with van der Waals surface area (Å²) in [6.07, 6.45) is 4.92. The third kappa shape index (κ3) is 3.57. The number of hydrogen-bond donors (Lipinski definition) is 3. The first-order chi connectivity index (χ1) is 13.7. The molecule has 0 aromatic heterocycles. The smallest absolute Gasteiger partial charge is 0.223 e. The van der Waals surface area contributed by atoms with Gasteiger partial charge < -0.3 is 16.8 Å². The average molecular weight is 414 g/mol. The maximum absolute atomic E-state index is 12.2. The maximum Gasteiger partial charge on any atom is 0.223 e. The van der Waals surface area contributed by atoms with Gasteiger partial charge in [0.05, 0.1) is 18.5 Å². The fourth-order valence-electron chi connectivity index (χ4n) is 6.05. The van der Waals surface area contributed by atoms with E-state index >= 15 is 0 Å². The highest BCUT2D eigenvalue weighted by molar-refractivity contribution is 6.30. The molecule has 0 aliphatic heterocycles. The molecule has 29 heavy (non-hydrogen) atoms. The van der Waals surface area contributed by atoms with Gasteiger partial charge in [-0.25, -0.2) is 0 Å². The summed E-state index contributed by atoms with van der Waals surface area (Å²) in [6, 6.07) is 9.68. The molecule has 0 radical (unpaired) electrons. The topological polar surface area (TPSA) is 117 Å². The molecule has 4 bridgehead atoms. The van der Waals surface area contributed by atoms with E-state index < -0.39 is 5.54 Å². The number of carbonyl (C=O) groups is 1. The molecule has 4 saturated carbocycles. The van der Waals surface area contributed by atoms with Crippen molar-refractivity contribution >= 4 is 29.0 Å². The lowest BCUT2D eigenvalue weighted by Crippen LogP contribution is -2.58. The van der Waals surface area contributed by atoms with Gasteiger partial charge in [0.1, 0.15) is 11.4 Å². The average Bonchev–Trinajstić information content (AvgIpc) is 2.64. The number of hydrogen-bond acceptors (Lipinski definition) is 4. The minimum absolute atomic E-state index is 0.0956. The van der Waals surface area contributed by atoms with E-state index in [0.717, 1.165) is 37.8 Å². The second-order valence-electron chi connectivity index (χ2n) is 9.42. The van der Waals surface area contributed by atoms with Gasteiger partial charge in [0.2, 0.25) is 5.91 Å². The van der Waals surface area contributed by atoms with Gasteiger partial charge in [-0.05, 0) is 75.0 Å². The monoisotopic (exact) mass is 413 g/mol. The number of rotatable bonds is 6. The van der Waals surface area contributed by atoms with Crippen LogP contribution in [0.4, 0.5) is 5.69 Å². The summed E-state index contributed by atoms with van der Waals surface area (Å²) in [7, 11) is 0. The Labute approximate surface area is 176 Å². The quantitative estimate of drug-likeness (QED) is 0.488. The first-order valence-electron chi connectivity index (χ1n) is 10.3. The number of anilines is 1. The van der Waals surface area contributed by atoms with Gasteiger partial charge in [-0.1, -0.05) is 17.7 Å². The van der Waals surface area contributed by atoms with E-state index in [2.05, 4.69) is 11.4 Å². The first kappa shape index (κ1) is 20.0. The highest BCUT2D eigenvalue weighted by Crippen LogP contribution is 2.60. The summed E-state index contributed by atoms with van der Waals surface area (Å²) in [5.74, 6) is 1.53. The van der Waals surface area contributed by atoms with E-state index in [-0.39, 0.29) is 23.8 Å². The number of nitrogens with zero attached hydrogens (tertiary/aromatic N) is 2. The van der Waals surface area contributed by atoms with Crippen molar-refractivity contribution in [1.82, 2.24) is 0 Å². The van der Waals surface area contributed by atoms with Crippen molar-refractivity contribution in [2.24, 2.45) is 39.6 Å². The molecule has 154 valence electrons. The molecule has 0 saturated heterocycles. The lowest BCUT2D eigenvalue weighted by Gasteiger charge is -2.57. The summed E-state index contributed by atoms with van der Waals surface area (Å²) < 4.78 is 0. The Kier molecular flexibility index (Phi) is 4.98. The zero-order valence-electron chi connectivity index (χ0n) is 16.7. The van der Waals surface area contributed by atoms with Crippen LogP contribution in [0, 0.1) is 34.5 Å². The van der Waals surface area contributed by atoms with Crippen LogP contribution in [-0.4, -0.2) is 23.3 Å². The summed E-state index contributed by atoms with van der Waals surface area (Å²) >= 11 is 6.10. The van der Waals surface area contributed by atoms with Crippen molar-refractivity contribution in [2.75, 3.05) is 5.32 Å². The number of nitrogens with one attached hydrogen (secondary N) is 1. The van der Waals surface area contributed by atoms with E-state index in [0.29, 0.717) is 28.6 Å². The molecule has 5 rings (SSSR count). The van der Waals surface area contributed by atoms with Crippen molar-refractivity contribution in [2.45, 2.75) is 57.0 Å². The molecule has 3 atom stereocenters. The number of nitriles is 1. The van der Waals surface area contributed by atoms with Crippen LogP contribution in [0.3, 0.4) is 0 Å². The van der Waals surface area contributed by atoms with Gasteiger partial charge in [-0.15, -0.1) is 0 Å². The van der Waals surface area contributed by atoms with Crippen molar-refractivity contribution in [3.05, 3.63) is 29.3 Å². The van der Waals surface area contributed by atoms with Crippen LogP contribution in [0.25, 0.3) is 0 Å². The van der Waals surface area contributed by atoms with Crippen LogP contribution in [0.5, 0.6) is 0 Å². The largest absolute Gasteiger partial charge is 0.385 e. The number of primary amides is 1. The fraction of sp³-hybridized carbons (Fsp3) is 0.591. The Balaban J connectivity index is 1.59. The standard InChI is InChI=1S/C22H28ClN5O/c1-21(5-6-24,28-17-4-2-3-16(23)9-17)19(25)27-18-14-7-13-8-15(18)12-22(10-13,11-14)20(26)29/h2-4,9,13-15,18,28H,5,7-8,10-12H2,1H3,(H2,25,27)(H2,26,29). The molecular formula is C22H28ClN5O. The molecule has 0 heterocycles. The third-order valence-corrected chi connectivity index (χ3v) is 7.51. The lowest BCUT2D eigenvalue weighted by atomic mass is 9.48. The minimum atomic E-state index is -0.796. The summed E-state index contributed by atoms with van der Waals surface area (Å²) in [6.45, 7) is 1.90. The van der Waals surface area contributed by atoms with Crippen molar-refractivity contribution in [3.63, 3.8) is 0 Å². The number of carbonyl (C=O) groups excluding carboxylic acids is 1. The summed E-state index contributed by atoms with van der Waals surface area (Å²) in [4.78, 5) is 17.1. The number of nitrogens with two attached hydrogens (primary N) is 2. The fourth-order valence-corrected chi connectivity index (χ4v) is 6.25. The highest BCUT2D eigenvalue weighted by atomic mass is 35.5. The molecule has 0 spiro atoms. The number of halogens is 1. The molecule has 7 heteroatoms. The molecule has 6 nitrogen and oxygen atoms in total. The van der Waals surface area contributed by atoms with E-state index in [9.17, 15) is 10.1 Å². The summed E-state index contributed by atoms with van der Waals surface area (Å²) in [5, 5.41) is 13.4. The molecule has 3 unspecified atom stereocenters. The zero-order valence-corrected chi connectivity index (χ0v) is 17.5. The van der Waals surface area contributed by atoms with E-state index in [1.807, 2.05) is 25.1 Å². The van der Waals surface area contributed by atoms with E-state index in [1.165, 1.54) is 0 Å². The van der Waals surface area contributed by atoms with Gasteiger partial charge in [0, 0.05) is 16.1 Å². The van der Waals surface area contributed by atoms with Crippen LogP contribution in [-0.2, 0) is 4.79 Å². The maximum atomic E-state index is 12.2. The Bertz CT molecular complexity index is 877. The van der Waals surface area contributed by atoms with Crippen molar-refractivity contribution in [1.29, 1.82) is 5.26 Å². The van der Waals surface area contributed by atoms with Crippen molar-refractivity contribution < 1.29 is 4.79 Å². The number of amides is 1.